The van der Waals surface area contributed by atoms with Crippen LogP contribution in [0.2, 0.25) is 5.02 Å². The van der Waals surface area contributed by atoms with E-state index in [-0.39, 0.29) is 27.8 Å². The Morgan fingerprint density at radius 3 is 2.79 bits per heavy atom. The molecule has 0 radical (unpaired) electrons. The summed E-state index contributed by atoms with van der Waals surface area (Å²) >= 11 is 5.94. The Labute approximate surface area is 197 Å². The number of rotatable bonds is 6. The summed E-state index contributed by atoms with van der Waals surface area (Å²) < 4.78 is 22.2. The van der Waals surface area contributed by atoms with Gasteiger partial charge in [0.25, 0.3) is 5.91 Å². The molecule has 1 aromatic carbocycles. The second kappa shape index (κ2) is 9.43. The maximum Gasteiger partial charge on any atom is 0.337 e. The summed E-state index contributed by atoms with van der Waals surface area (Å²) in [6, 6.07) is 2.82. The first-order valence-electron chi connectivity index (χ1n) is 11.4. The van der Waals surface area contributed by atoms with Gasteiger partial charge >= 0.3 is 5.97 Å². The van der Waals surface area contributed by atoms with Crippen molar-refractivity contribution < 1.29 is 23.8 Å². The van der Waals surface area contributed by atoms with Crippen LogP contribution in [0, 0.1) is 17.2 Å². The Morgan fingerprint density at radius 2 is 2.12 bits per heavy atom. The van der Waals surface area contributed by atoms with E-state index >= 15 is 0 Å². The van der Waals surface area contributed by atoms with Crippen molar-refractivity contribution in [1.29, 1.82) is 0 Å². The fraction of sp³-hybridized carbons (Fsp3) is 0.542. The number of nitrogens with one attached hydrogen (secondary N) is 1. The standard InChI is InChI=1S/C24H29ClFN3O4/c1-3-17-19-18(11-24(13-27-22(19)30)6-8-33-9-7-24)29(28-17)12-14(2)10-15-4-5-16(23(31)32)20(25)21(15)26/h4-5,14H,3,6-13H2,1-2H3,(H,27,30)(H,31,32)/t14-/m1/s1. The van der Waals surface area contributed by atoms with Crippen LogP contribution < -0.4 is 5.32 Å². The van der Waals surface area contributed by atoms with Gasteiger partial charge in [-0.05, 0) is 55.1 Å². The van der Waals surface area contributed by atoms with Gasteiger partial charge in [0.2, 0.25) is 0 Å². The van der Waals surface area contributed by atoms with Crippen LogP contribution in [0.3, 0.4) is 0 Å². The normalized spacial score (nSPS) is 18.5. The van der Waals surface area contributed by atoms with E-state index < -0.39 is 11.8 Å². The number of hydrogen-bond acceptors (Lipinski definition) is 4. The fourth-order valence-electron chi connectivity index (χ4n) is 4.97. The number of ether oxygens (including phenoxy) is 1. The van der Waals surface area contributed by atoms with Gasteiger partial charge in [-0.2, -0.15) is 5.10 Å². The van der Waals surface area contributed by atoms with Crippen molar-refractivity contribution in [2.24, 2.45) is 11.3 Å². The van der Waals surface area contributed by atoms with Crippen LogP contribution in [0.5, 0.6) is 0 Å². The number of benzene rings is 1. The molecule has 2 N–H and O–H groups in total. The van der Waals surface area contributed by atoms with Crippen LogP contribution in [0.1, 0.15) is 64.4 Å². The van der Waals surface area contributed by atoms with Gasteiger partial charge in [-0.25, -0.2) is 9.18 Å². The van der Waals surface area contributed by atoms with Gasteiger partial charge in [0.1, 0.15) is 5.82 Å². The van der Waals surface area contributed by atoms with Crippen molar-refractivity contribution in [1.82, 2.24) is 15.1 Å². The van der Waals surface area contributed by atoms with Crippen LogP contribution in [0.25, 0.3) is 0 Å². The molecule has 33 heavy (non-hydrogen) atoms. The van der Waals surface area contributed by atoms with Crippen molar-refractivity contribution in [3.8, 4) is 0 Å². The summed E-state index contributed by atoms with van der Waals surface area (Å²) in [5.74, 6) is -2.05. The maximum atomic E-state index is 14.7. The van der Waals surface area contributed by atoms with Crippen molar-refractivity contribution >= 4 is 23.5 Å². The highest BCUT2D eigenvalue weighted by molar-refractivity contribution is 6.33. The molecule has 2 aliphatic heterocycles. The zero-order valence-electron chi connectivity index (χ0n) is 18.9. The molecular weight excluding hydrogens is 449 g/mol. The molecule has 0 bridgehead atoms. The molecule has 2 aliphatic rings. The molecule has 1 amide bonds. The third kappa shape index (κ3) is 4.64. The van der Waals surface area contributed by atoms with Crippen LogP contribution in [-0.2, 0) is 30.5 Å². The van der Waals surface area contributed by atoms with Crippen LogP contribution in [0.15, 0.2) is 12.1 Å². The Morgan fingerprint density at radius 1 is 1.39 bits per heavy atom. The monoisotopic (exact) mass is 477 g/mol. The van der Waals surface area contributed by atoms with E-state index in [1.165, 1.54) is 12.1 Å². The van der Waals surface area contributed by atoms with Crippen molar-refractivity contribution in [3.63, 3.8) is 0 Å². The number of carboxylic acids is 1. The predicted molar refractivity (Wildman–Crippen MR) is 121 cm³/mol. The van der Waals surface area contributed by atoms with Gasteiger partial charge in [-0.3, -0.25) is 9.48 Å². The number of carbonyl (C=O) groups excluding carboxylic acids is 1. The SMILES string of the molecule is CCc1nn(C[C@H](C)Cc2ccc(C(=O)O)c(Cl)c2F)c2c1C(=O)NCC1(CCOCC1)C2. The zero-order chi connectivity index (χ0) is 23.8. The molecule has 1 spiro atoms. The molecule has 1 fully saturated rings. The highest BCUT2D eigenvalue weighted by Crippen LogP contribution is 2.37. The summed E-state index contributed by atoms with van der Waals surface area (Å²) in [5.41, 5.74) is 2.47. The number of amides is 1. The van der Waals surface area contributed by atoms with E-state index in [1.807, 2.05) is 18.5 Å². The molecule has 1 aromatic heterocycles. The molecule has 9 heteroatoms. The summed E-state index contributed by atoms with van der Waals surface area (Å²) in [6.45, 7) is 6.48. The minimum Gasteiger partial charge on any atom is -0.478 e. The number of carboxylic acid groups (broad SMARTS) is 1. The molecule has 4 rings (SSSR count). The Kier molecular flexibility index (Phi) is 6.77. The summed E-state index contributed by atoms with van der Waals surface area (Å²) in [6.07, 6.45) is 3.53. The van der Waals surface area contributed by atoms with Gasteiger partial charge < -0.3 is 15.2 Å². The average Bonchev–Trinajstić information content (AvgIpc) is 3.05. The highest BCUT2D eigenvalue weighted by Gasteiger charge is 2.39. The largest absolute Gasteiger partial charge is 0.478 e. The Balaban J connectivity index is 1.61. The minimum atomic E-state index is -1.26. The quantitative estimate of drug-likeness (QED) is 0.658. The molecule has 3 heterocycles. The molecular formula is C24H29ClFN3O4. The van der Waals surface area contributed by atoms with E-state index in [1.54, 1.807) is 0 Å². The van der Waals surface area contributed by atoms with E-state index in [2.05, 4.69) is 5.32 Å². The zero-order valence-corrected chi connectivity index (χ0v) is 19.7. The number of halogens is 2. The first-order valence-corrected chi connectivity index (χ1v) is 11.8. The van der Waals surface area contributed by atoms with E-state index in [0.29, 0.717) is 50.3 Å². The van der Waals surface area contributed by atoms with Crippen molar-refractivity contribution in [3.05, 3.63) is 51.1 Å². The van der Waals surface area contributed by atoms with Gasteiger partial charge in [-0.1, -0.05) is 31.5 Å². The lowest BCUT2D eigenvalue weighted by molar-refractivity contribution is 0.0152. The van der Waals surface area contributed by atoms with Crippen LogP contribution >= 0.6 is 11.6 Å². The highest BCUT2D eigenvalue weighted by atomic mass is 35.5. The van der Waals surface area contributed by atoms with E-state index in [0.717, 1.165) is 30.7 Å². The lowest BCUT2D eigenvalue weighted by atomic mass is 9.76. The minimum absolute atomic E-state index is 0.0168. The summed E-state index contributed by atoms with van der Waals surface area (Å²) in [4.78, 5) is 24.2. The fourth-order valence-corrected chi connectivity index (χ4v) is 5.24. The maximum absolute atomic E-state index is 14.7. The number of aryl methyl sites for hydroxylation is 1. The van der Waals surface area contributed by atoms with Crippen molar-refractivity contribution in [2.45, 2.75) is 52.5 Å². The van der Waals surface area contributed by atoms with Crippen LogP contribution in [0.4, 0.5) is 4.39 Å². The third-order valence-electron chi connectivity index (χ3n) is 6.86. The molecule has 0 saturated carbocycles. The number of hydrogen-bond donors (Lipinski definition) is 2. The van der Waals surface area contributed by atoms with E-state index in [9.17, 15) is 14.0 Å². The van der Waals surface area contributed by atoms with Crippen molar-refractivity contribution in [2.75, 3.05) is 19.8 Å². The number of nitrogens with zero attached hydrogens (tertiary/aromatic N) is 2. The van der Waals surface area contributed by atoms with Gasteiger partial charge in [-0.15, -0.1) is 0 Å². The smallest absolute Gasteiger partial charge is 0.337 e. The molecule has 0 aliphatic carbocycles. The number of aromatic carboxylic acids is 1. The molecule has 1 atom stereocenters. The third-order valence-corrected chi connectivity index (χ3v) is 7.23. The number of fused-ring (bicyclic) bond motifs is 1. The predicted octanol–water partition coefficient (Wildman–Crippen LogP) is 3.90. The molecule has 0 unspecified atom stereocenters. The molecule has 2 aromatic rings. The number of aromatic nitrogens is 2. The Hall–Kier alpha value is -2.45. The lowest BCUT2D eigenvalue weighted by Gasteiger charge is -2.36. The van der Waals surface area contributed by atoms with Crippen LogP contribution in [-0.4, -0.2) is 46.5 Å². The van der Waals surface area contributed by atoms with Gasteiger partial charge in [0, 0.05) is 26.3 Å². The summed E-state index contributed by atoms with van der Waals surface area (Å²) in [5, 5.41) is 16.7. The average molecular weight is 478 g/mol. The second-order valence-corrected chi connectivity index (χ2v) is 9.67. The lowest BCUT2D eigenvalue weighted by Crippen LogP contribution is -2.40. The topological polar surface area (TPSA) is 93.5 Å². The number of carbonyl (C=O) groups is 2. The summed E-state index contributed by atoms with van der Waals surface area (Å²) in [7, 11) is 0. The van der Waals surface area contributed by atoms with Gasteiger partial charge in [0.05, 0.1) is 27.5 Å². The first-order chi connectivity index (χ1) is 15.7. The first kappa shape index (κ1) is 23.7. The Bertz CT molecular complexity index is 1080. The molecule has 178 valence electrons. The molecule has 1 saturated heterocycles. The second-order valence-electron chi connectivity index (χ2n) is 9.29. The molecule has 7 nitrogen and oxygen atoms in total. The van der Waals surface area contributed by atoms with E-state index in [4.69, 9.17) is 26.5 Å². The van der Waals surface area contributed by atoms with Gasteiger partial charge in [0.15, 0.2) is 0 Å².